The second kappa shape index (κ2) is 17.6. The molecule has 0 aliphatic heterocycles. The first-order valence-electron chi connectivity index (χ1n) is 9.83. The molecule has 136 valence electrons. The second-order valence-electron chi connectivity index (χ2n) is 6.58. The fraction of sp³-hybridized carbons (Fsp3) is 0.810. The van der Waals surface area contributed by atoms with E-state index in [0.29, 0.717) is 0 Å². The van der Waals surface area contributed by atoms with Gasteiger partial charge < -0.3 is 0 Å². The van der Waals surface area contributed by atoms with Crippen molar-refractivity contribution < 1.29 is 4.84 Å². The summed E-state index contributed by atoms with van der Waals surface area (Å²) in [6.07, 6.45) is 23.3. The molecule has 0 bridgehead atoms. The van der Waals surface area contributed by atoms with Gasteiger partial charge in [-0.3, -0.25) is 9.90 Å². The highest BCUT2D eigenvalue weighted by Gasteiger charge is 1.99. The zero-order chi connectivity index (χ0) is 17.2. The zero-order valence-corrected chi connectivity index (χ0v) is 16.1. The van der Waals surface area contributed by atoms with Gasteiger partial charge in [0.2, 0.25) is 0 Å². The van der Waals surface area contributed by atoms with Crippen molar-refractivity contribution in [3.8, 4) is 0 Å². The summed E-state index contributed by atoms with van der Waals surface area (Å²) in [5, 5.41) is 1.76. The van der Waals surface area contributed by atoms with E-state index in [1.54, 1.807) is 12.2 Å². The average molecular weight is 324 g/mol. The Balaban J connectivity index is 3.21. The molecular weight excluding hydrogens is 282 g/mol. The molecule has 0 atom stereocenters. The fourth-order valence-electron chi connectivity index (χ4n) is 2.69. The van der Waals surface area contributed by atoms with E-state index in [0.717, 1.165) is 12.1 Å². The molecule has 0 N–H and O–H groups in total. The van der Waals surface area contributed by atoms with Gasteiger partial charge in [0.1, 0.15) is 0 Å². The van der Waals surface area contributed by atoms with Crippen LogP contribution in [0.4, 0.5) is 0 Å². The second-order valence-corrected chi connectivity index (χ2v) is 6.58. The Morgan fingerprint density at radius 2 is 1.30 bits per heavy atom. The molecule has 0 aliphatic carbocycles. The van der Waals surface area contributed by atoms with E-state index in [4.69, 9.17) is 4.84 Å². The summed E-state index contributed by atoms with van der Waals surface area (Å²) in [4.78, 5) is 5.11. The molecular formula is C21H41NO. The molecule has 0 heterocycles. The maximum atomic E-state index is 5.11. The molecule has 0 spiro atoms. The Labute approximate surface area is 145 Å². The van der Waals surface area contributed by atoms with Gasteiger partial charge in [0, 0.05) is 12.7 Å². The van der Waals surface area contributed by atoms with E-state index in [9.17, 15) is 0 Å². The minimum Gasteiger partial charge on any atom is -0.277 e. The number of hydrogen-bond acceptors (Lipinski definition) is 2. The molecule has 0 amide bonds. The number of rotatable bonds is 17. The lowest BCUT2D eigenvalue weighted by Crippen LogP contribution is -2.14. The molecule has 0 saturated carbocycles. The summed E-state index contributed by atoms with van der Waals surface area (Å²) in [5.41, 5.74) is 1.07. The summed E-state index contributed by atoms with van der Waals surface area (Å²) in [5.74, 6) is 0. The van der Waals surface area contributed by atoms with Crippen molar-refractivity contribution in [1.82, 2.24) is 5.06 Å². The van der Waals surface area contributed by atoms with E-state index >= 15 is 0 Å². The van der Waals surface area contributed by atoms with Crippen molar-refractivity contribution >= 4 is 0 Å². The summed E-state index contributed by atoms with van der Waals surface area (Å²) in [7, 11) is 3.60. The lowest BCUT2D eigenvalue weighted by Gasteiger charge is -2.18. The van der Waals surface area contributed by atoms with Crippen molar-refractivity contribution in [2.24, 2.45) is 0 Å². The lowest BCUT2D eigenvalue weighted by atomic mass is 10.1. The van der Waals surface area contributed by atoms with Crippen LogP contribution in [0.1, 0.15) is 96.8 Å². The first kappa shape index (κ1) is 22.2. The quantitative estimate of drug-likeness (QED) is 0.162. The van der Waals surface area contributed by atoms with Crippen LogP contribution >= 0.6 is 0 Å². The van der Waals surface area contributed by atoms with Crippen LogP contribution in [0.15, 0.2) is 24.4 Å². The van der Waals surface area contributed by atoms with Crippen molar-refractivity contribution in [3.05, 3.63) is 24.4 Å². The predicted octanol–water partition coefficient (Wildman–Crippen LogP) is 7.03. The van der Waals surface area contributed by atoms with E-state index in [1.165, 1.54) is 83.5 Å². The van der Waals surface area contributed by atoms with E-state index in [1.807, 2.05) is 7.05 Å². The molecule has 0 aliphatic rings. The predicted molar refractivity (Wildman–Crippen MR) is 103 cm³/mol. The first-order chi connectivity index (χ1) is 11.2. The van der Waals surface area contributed by atoms with Crippen LogP contribution in [0.25, 0.3) is 0 Å². The van der Waals surface area contributed by atoms with Crippen molar-refractivity contribution in [1.29, 1.82) is 0 Å². The van der Waals surface area contributed by atoms with Gasteiger partial charge in [-0.25, -0.2) is 0 Å². The van der Waals surface area contributed by atoms with Crippen molar-refractivity contribution in [3.63, 3.8) is 0 Å². The Morgan fingerprint density at radius 3 is 1.83 bits per heavy atom. The maximum absolute atomic E-state index is 5.11. The molecule has 23 heavy (non-hydrogen) atoms. The van der Waals surface area contributed by atoms with Crippen molar-refractivity contribution in [2.75, 3.05) is 14.2 Å². The molecule has 0 aromatic rings. The third kappa shape index (κ3) is 15.9. The topological polar surface area (TPSA) is 12.5 Å². The van der Waals surface area contributed by atoms with Crippen molar-refractivity contribution in [2.45, 2.75) is 96.8 Å². The summed E-state index contributed by atoms with van der Waals surface area (Å²) in [6.45, 7) is 6.30. The van der Waals surface area contributed by atoms with Crippen LogP contribution in [-0.2, 0) is 4.84 Å². The molecule has 0 saturated heterocycles. The minimum atomic E-state index is 1.04. The molecule has 0 unspecified atom stereocenters. The van der Waals surface area contributed by atoms with E-state index < -0.39 is 0 Å². The first-order valence-corrected chi connectivity index (χ1v) is 9.83. The molecule has 0 aromatic heterocycles. The Bertz CT molecular complexity index is 286. The van der Waals surface area contributed by atoms with Gasteiger partial charge in [-0.05, 0) is 38.5 Å². The molecule has 0 aromatic carbocycles. The van der Waals surface area contributed by atoms with Crippen LogP contribution in [0.2, 0.25) is 0 Å². The normalized spacial score (nSPS) is 11.3. The van der Waals surface area contributed by atoms with E-state index in [-0.39, 0.29) is 0 Å². The molecule has 2 nitrogen and oxygen atoms in total. The number of hydroxylamine groups is 2. The SMILES string of the molecule is C=C(CCCCCCC/C=C\CCCCCCCC)N(C)OC. The van der Waals surface area contributed by atoms with Crippen LogP contribution in [-0.4, -0.2) is 19.2 Å². The molecule has 2 heteroatoms. The molecule has 0 radical (unpaired) electrons. The van der Waals surface area contributed by atoms with Gasteiger partial charge >= 0.3 is 0 Å². The van der Waals surface area contributed by atoms with Gasteiger partial charge in [-0.15, -0.1) is 0 Å². The van der Waals surface area contributed by atoms with Crippen LogP contribution in [0.3, 0.4) is 0 Å². The largest absolute Gasteiger partial charge is 0.277 e. The standard InChI is InChI=1S/C21H41NO/c1-5-6-7-8-9-10-11-12-13-14-15-16-17-18-19-20-21(2)22(3)23-4/h12-13H,2,5-11,14-20H2,1,3-4H3/b13-12-. The zero-order valence-electron chi connectivity index (χ0n) is 16.1. The Morgan fingerprint density at radius 1 is 0.826 bits per heavy atom. The lowest BCUT2D eigenvalue weighted by molar-refractivity contribution is -0.0796. The highest BCUT2D eigenvalue weighted by molar-refractivity contribution is 4.88. The Hall–Kier alpha value is -0.760. The smallest absolute Gasteiger partial charge is 0.0638 e. The number of nitrogens with zero attached hydrogens (tertiary/aromatic N) is 1. The van der Waals surface area contributed by atoms with Crippen LogP contribution < -0.4 is 0 Å². The highest BCUT2D eigenvalue weighted by Crippen LogP contribution is 2.13. The van der Waals surface area contributed by atoms with Gasteiger partial charge in [0.15, 0.2) is 0 Å². The Kier molecular flexibility index (Phi) is 17.0. The molecule has 0 rings (SSSR count). The number of allylic oxidation sites excluding steroid dienone is 3. The molecule has 0 fully saturated rings. The third-order valence-electron chi connectivity index (χ3n) is 4.45. The third-order valence-corrected chi connectivity index (χ3v) is 4.45. The summed E-state index contributed by atoms with van der Waals surface area (Å²) in [6, 6.07) is 0. The maximum Gasteiger partial charge on any atom is 0.0638 e. The monoisotopic (exact) mass is 323 g/mol. The van der Waals surface area contributed by atoms with Gasteiger partial charge in [-0.1, -0.05) is 77.0 Å². The summed E-state index contributed by atoms with van der Waals surface area (Å²) < 4.78 is 0. The number of hydrogen-bond donors (Lipinski definition) is 0. The van der Waals surface area contributed by atoms with Crippen LogP contribution in [0, 0.1) is 0 Å². The highest BCUT2D eigenvalue weighted by atomic mass is 16.7. The van der Waals surface area contributed by atoms with E-state index in [2.05, 4.69) is 25.7 Å². The number of unbranched alkanes of at least 4 members (excludes halogenated alkanes) is 11. The van der Waals surface area contributed by atoms with Crippen LogP contribution in [0.5, 0.6) is 0 Å². The average Bonchev–Trinajstić information content (AvgIpc) is 2.57. The summed E-state index contributed by atoms with van der Waals surface area (Å²) >= 11 is 0. The van der Waals surface area contributed by atoms with Gasteiger partial charge in [0.05, 0.1) is 7.11 Å². The minimum absolute atomic E-state index is 1.04. The van der Waals surface area contributed by atoms with Gasteiger partial charge in [0.25, 0.3) is 0 Å². The fourth-order valence-corrected chi connectivity index (χ4v) is 2.69. The van der Waals surface area contributed by atoms with Gasteiger partial charge in [-0.2, -0.15) is 0 Å².